The van der Waals surface area contributed by atoms with Crippen LogP contribution < -0.4 is 0 Å². The number of aliphatic hydroxyl groups is 1. The highest BCUT2D eigenvalue weighted by Crippen LogP contribution is 2.20. The van der Waals surface area contributed by atoms with Gasteiger partial charge in [-0.2, -0.15) is 5.10 Å². The zero-order valence-corrected chi connectivity index (χ0v) is 14.5. The number of likely N-dealkylation sites (tertiary alicyclic amines) is 1. The van der Waals surface area contributed by atoms with E-state index >= 15 is 0 Å². The van der Waals surface area contributed by atoms with Gasteiger partial charge in [-0.25, -0.2) is 12.7 Å². The van der Waals surface area contributed by atoms with E-state index in [4.69, 9.17) is 0 Å². The Morgan fingerprint density at radius 1 is 1.43 bits per heavy atom. The van der Waals surface area contributed by atoms with Gasteiger partial charge in [0.05, 0.1) is 17.6 Å². The normalized spacial score (nSPS) is 22.0. The predicted octanol–water partition coefficient (Wildman–Crippen LogP) is -0.708. The van der Waals surface area contributed by atoms with Crippen LogP contribution in [0.5, 0.6) is 0 Å². The Kier molecular flexibility index (Phi) is 5.43. The van der Waals surface area contributed by atoms with Gasteiger partial charge in [-0.05, 0) is 13.0 Å². The van der Waals surface area contributed by atoms with Crippen molar-refractivity contribution in [3.63, 3.8) is 0 Å². The summed E-state index contributed by atoms with van der Waals surface area (Å²) in [5, 5.41) is 14.3. The van der Waals surface area contributed by atoms with Gasteiger partial charge in [-0.3, -0.25) is 9.48 Å². The topological polar surface area (TPSA) is 95.7 Å². The van der Waals surface area contributed by atoms with Crippen LogP contribution in [0, 0.1) is 12.8 Å². The molecule has 23 heavy (non-hydrogen) atoms. The van der Waals surface area contributed by atoms with Gasteiger partial charge in [0.25, 0.3) is 0 Å². The lowest BCUT2D eigenvalue weighted by Crippen LogP contribution is -2.33. The first-order valence-corrected chi connectivity index (χ1v) is 9.16. The number of carbonyl (C=O) groups excluding carboxylic acids is 1. The molecule has 130 valence electrons. The lowest BCUT2D eigenvalue weighted by molar-refractivity contribution is -0.130. The summed E-state index contributed by atoms with van der Waals surface area (Å²) in [4.78, 5) is 13.8. The minimum atomic E-state index is -3.39. The Morgan fingerprint density at radius 3 is 2.70 bits per heavy atom. The van der Waals surface area contributed by atoms with Crippen LogP contribution in [-0.4, -0.2) is 77.5 Å². The molecule has 8 nitrogen and oxygen atoms in total. The van der Waals surface area contributed by atoms with E-state index in [1.807, 2.05) is 19.2 Å². The summed E-state index contributed by atoms with van der Waals surface area (Å²) in [6.07, 6.45) is 1.29. The van der Waals surface area contributed by atoms with E-state index in [2.05, 4.69) is 5.10 Å². The van der Waals surface area contributed by atoms with Gasteiger partial charge in [-0.1, -0.05) is 0 Å². The van der Waals surface area contributed by atoms with Crippen molar-refractivity contribution in [3.8, 4) is 0 Å². The Bertz CT molecular complexity index is 655. The van der Waals surface area contributed by atoms with Crippen molar-refractivity contribution in [2.24, 2.45) is 5.92 Å². The van der Waals surface area contributed by atoms with Crippen LogP contribution in [0.3, 0.4) is 0 Å². The van der Waals surface area contributed by atoms with Crippen molar-refractivity contribution in [2.75, 3.05) is 32.9 Å². The van der Waals surface area contributed by atoms with Gasteiger partial charge in [0.2, 0.25) is 15.9 Å². The van der Waals surface area contributed by atoms with Crippen LogP contribution in [0.2, 0.25) is 0 Å². The van der Waals surface area contributed by atoms with E-state index in [9.17, 15) is 18.3 Å². The smallest absolute Gasteiger partial charge is 0.224 e. The van der Waals surface area contributed by atoms with Crippen LogP contribution in [0.15, 0.2) is 12.3 Å². The molecule has 1 amide bonds. The third-order valence-electron chi connectivity index (χ3n) is 4.07. The SMILES string of the molecule is Cc1ccn(CCC(=O)N2C[C@@H](CS(=O)(=O)N(C)C)[C@H](O)C2)n1. The van der Waals surface area contributed by atoms with Gasteiger partial charge in [0.1, 0.15) is 0 Å². The van der Waals surface area contributed by atoms with Gasteiger partial charge >= 0.3 is 0 Å². The van der Waals surface area contributed by atoms with E-state index in [0.29, 0.717) is 6.54 Å². The number of rotatable bonds is 6. The molecular weight excluding hydrogens is 320 g/mol. The summed E-state index contributed by atoms with van der Waals surface area (Å²) in [6, 6.07) is 1.87. The average Bonchev–Trinajstić information content (AvgIpc) is 3.02. The number of sulfonamides is 1. The monoisotopic (exact) mass is 344 g/mol. The predicted molar refractivity (Wildman–Crippen MR) is 85.1 cm³/mol. The van der Waals surface area contributed by atoms with Crippen molar-refractivity contribution in [2.45, 2.75) is 26.0 Å². The van der Waals surface area contributed by atoms with Crippen molar-refractivity contribution < 1.29 is 18.3 Å². The van der Waals surface area contributed by atoms with Crippen molar-refractivity contribution >= 4 is 15.9 Å². The number of aromatic nitrogens is 2. The van der Waals surface area contributed by atoms with Crippen LogP contribution in [0.1, 0.15) is 12.1 Å². The number of β-amino-alcohol motifs (C(OH)–C–C–N with tert-alkyl or cyclic N) is 1. The molecule has 1 aliphatic rings. The molecule has 1 fully saturated rings. The third kappa shape index (κ3) is 4.52. The van der Waals surface area contributed by atoms with Crippen LogP contribution in [0.25, 0.3) is 0 Å². The molecule has 0 spiro atoms. The highest BCUT2D eigenvalue weighted by Gasteiger charge is 2.37. The van der Waals surface area contributed by atoms with Gasteiger partial charge in [0, 0.05) is 52.3 Å². The molecular formula is C14H24N4O4S. The molecule has 0 aliphatic carbocycles. The van der Waals surface area contributed by atoms with E-state index < -0.39 is 22.0 Å². The maximum atomic E-state index is 12.2. The fourth-order valence-electron chi connectivity index (χ4n) is 2.60. The number of nitrogens with zero attached hydrogens (tertiary/aromatic N) is 4. The second-order valence-electron chi connectivity index (χ2n) is 6.16. The molecule has 9 heteroatoms. The van der Waals surface area contributed by atoms with Crippen LogP contribution >= 0.6 is 0 Å². The first-order valence-electron chi connectivity index (χ1n) is 7.55. The Hall–Kier alpha value is -1.45. The summed E-state index contributed by atoms with van der Waals surface area (Å²) in [7, 11) is -0.467. The molecule has 0 saturated carbocycles. The molecule has 1 aromatic heterocycles. The molecule has 0 aromatic carbocycles. The number of aryl methyl sites for hydroxylation is 2. The highest BCUT2D eigenvalue weighted by atomic mass is 32.2. The lowest BCUT2D eigenvalue weighted by atomic mass is 10.1. The van der Waals surface area contributed by atoms with Gasteiger partial charge in [-0.15, -0.1) is 0 Å². The van der Waals surface area contributed by atoms with E-state index in [1.54, 1.807) is 4.68 Å². The van der Waals surface area contributed by atoms with Crippen LogP contribution in [0.4, 0.5) is 0 Å². The zero-order chi connectivity index (χ0) is 17.2. The largest absolute Gasteiger partial charge is 0.391 e. The molecule has 1 saturated heterocycles. The Balaban J connectivity index is 1.88. The average molecular weight is 344 g/mol. The summed E-state index contributed by atoms with van der Waals surface area (Å²) in [6.45, 7) is 2.81. The summed E-state index contributed by atoms with van der Waals surface area (Å²) in [5.74, 6) is -0.691. The van der Waals surface area contributed by atoms with E-state index in [-0.39, 0.29) is 31.2 Å². The third-order valence-corrected chi connectivity index (χ3v) is 6.03. The van der Waals surface area contributed by atoms with Crippen molar-refractivity contribution in [1.82, 2.24) is 19.0 Å². The minimum absolute atomic E-state index is 0.0954. The van der Waals surface area contributed by atoms with Gasteiger partial charge in [0.15, 0.2) is 0 Å². The first kappa shape index (κ1) is 17.9. The summed E-state index contributed by atoms with van der Waals surface area (Å²) >= 11 is 0. The molecule has 1 aromatic rings. The minimum Gasteiger partial charge on any atom is -0.391 e. The fourth-order valence-corrected chi connectivity index (χ4v) is 3.76. The maximum absolute atomic E-state index is 12.2. The van der Waals surface area contributed by atoms with Gasteiger partial charge < -0.3 is 10.0 Å². The molecule has 1 N–H and O–H groups in total. The molecule has 0 bridgehead atoms. The zero-order valence-electron chi connectivity index (χ0n) is 13.7. The van der Waals surface area contributed by atoms with E-state index in [1.165, 1.54) is 19.0 Å². The highest BCUT2D eigenvalue weighted by molar-refractivity contribution is 7.89. The number of hydrogen-bond donors (Lipinski definition) is 1. The number of aliphatic hydroxyl groups excluding tert-OH is 1. The summed E-state index contributed by atoms with van der Waals surface area (Å²) < 4.78 is 26.7. The number of hydrogen-bond acceptors (Lipinski definition) is 5. The van der Waals surface area contributed by atoms with Crippen molar-refractivity contribution in [1.29, 1.82) is 0 Å². The van der Waals surface area contributed by atoms with Crippen molar-refractivity contribution in [3.05, 3.63) is 18.0 Å². The molecule has 1 aliphatic heterocycles. The Labute approximate surface area is 136 Å². The standard InChI is InChI=1S/C14H24N4O4S/c1-11-4-6-18(15-11)7-5-14(20)17-8-12(13(19)9-17)10-23(21,22)16(2)3/h4,6,12-13,19H,5,7-10H2,1-3H3/t12-,13+/m0/s1. The quantitative estimate of drug-likeness (QED) is 0.736. The lowest BCUT2D eigenvalue weighted by Gasteiger charge is -2.18. The van der Waals surface area contributed by atoms with Crippen LogP contribution in [-0.2, 0) is 21.4 Å². The molecule has 2 rings (SSSR count). The second kappa shape index (κ2) is 6.98. The number of amides is 1. The molecule has 2 heterocycles. The first-order chi connectivity index (χ1) is 10.7. The molecule has 0 radical (unpaired) electrons. The Morgan fingerprint density at radius 2 is 2.13 bits per heavy atom. The molecule has 0 unspecified atom stereocenters. The maximum Gasteiger partial charge on any atom is 0.224 e. The summed E-state index contributed by atoms with van der Waals surface area (Å²) in [5.41, 5.74) is 0.892. The molecule has 2 atom stereocenters. The fraction of sp³-hybridized carbons (Fsp3) is 0.714. The second-order valence-corrected chi connectivity index (χ2v) is 8.38. The van der Waals surface area contributed by atoms with E-state index in [0.717, 1.165) is 10.00 Å². The number of carbonyl (C=O) groups is 1.